The fraction of sp³-hybridized carbons (Fsp3) is 0.538. The summed E-state index contributed by atoms with van der Waals surface area (Å²) in [6.07, 6.45) is 6.27. The van der Waals surface area contributed by atoms with Crippen molar-refractivity contribution in [1.82, 2.24) is 15.5 Å². The van der Waals surface area contributed by atoms with Crippen molar-refractivity contribution >= 4 is 11.3 Å². The van der Waals surface area contributed by atoms with Crippen molar-refractivity contribution in [2.24, 2.45) is 0 Å². The highest BCUT2D eigenvalue weighted by Gasteiger charge is 2.22. The van der Waals surface area contributed by atoms with Gasteiger partial charge in [-0.05, 0) is 43.7 Å². The summed E-state index contributed by atoms with van der Waals surface area (Å²) in [7, 11) is 0. The smallest absolute Gasteiger partial charge is 0.268 e. The second kappa shape index (κ2) is 4.17. The van der Waals surface area contributed by atoms with Gasteiger partial charge in [-0.3, -0.25) is 0 Å². The molecule has 1 saturated carbocycles. The van der Waals surface area contributed by atoms with Crippen LogP contribution in [0.3, 0.4) is 0 Å². The Morgan fingerprint density at radius 1 is 1.39 bits per heavy atom. The van der Waals surface area contributed by atoms with E-state index in [1.54, 1.807) is 0 Å². The first-order valence-electron chi connectivity index (χ1n) is 6.56. The summed E-state index contributed by atoms with van der Waals surface area (Å²) >= 11 is 1.81. The van der Waals surface area contributed by atoms with E-state index in [9.17, 15) is 0 Å². The molecule has 2 heterocycles. The number of rotatable bonds is 4. The Kier molecular flexibility index (Phi) is 2.48. The molecule has 0 radical (unpaired) electrons. The summed E-state index contributed by atoms with van der Waals surface area (Å²) in [6, 6.07) is 2.90. The van der Waals surface area contributed by atoms with E-state index in [2.05, 4.69) is 21.5 Å². The molecule has 4 nitrogen and oxygen atoms in total. The van der Waals surface area contributed by atoms with Crippen molar-refractivity contribution in [3.63, 3.8) is 0 Å². The molecular weight excluding hydrogens is 246 g/mol. The molecule has 0 saturated heterocycles. The summed E-state index contributed by atoms with van der Waals surface area (Å²) in [4.78, 5) is 7.09. The molecule has 1 N–H and O–H groups in total. The molecule has 2 aliphatic rings. The molecule has 0 spiro atoms. The van der Waals surface area contributed by atoms with E-state index >= 15 is 0 Å². The zero-order chi connectivity index (χ0) is 11.9. The summed E-state index contributed by atoms with van der Waals surface area (Å²) < 4.78 is 5.35. The van der Waals surface area contributed by atoms with E-state index in [1.165, 1.54) is 42.5 Å². The first-order chi connectivity index (χ1) is 8.88. The van der Waals surface area contributed by atoms with E-state index in [-0.39, 0.29) is 0 Å². The van der Waals surface area contributed by atoms with Crippen molar-refractivity contribution < 1.29 is 4.52 Å². The minimum atomic E-state index is 0.678. The number of hydrogen-bond acceptors (Lipinski definition) is 5. The van der Waals surface area contributed by atoms with Gasteiger partial charge in [0.25, 0.3) is 5.89 Å². The molecule has 0 atom stereocenters. The van der Waals surface area contributed by atoms with Crippen LogP contribution in [0.25, 0.3) is 10.8 Å². The highest BCUT2D eigenvalue weighted by atomic mass is 32.1. The standard InChI is InChI=1S/C13H15N3OS/c1-2-8-6-11(18-10(8)3-1)13-15-12(16-17-13)7-14-9-4-5-9/h6,9,14H,1-5,7H2. The van der Waals surface area contributed by atoms with E-state index in [4.69, 9.17) is 4.52 Å². The Bertz CT molecular complexity index is 549. The Morgan fingerprint density at radius 2 is 2.33 bits per heavy atom. The maximum Gasteiger partial charge on any atom is 0.268 e. The molecule has 0 bridgehead atoms. The minimum Gasteiger partial charge on any atom is -0.333 e. The lowest BCUT2D eigenvalue weighted by atomic mass is 10.2. The number of aryl methyl sites for hydroxylation is 2. The average molecular weight is 261 g/mol. The molecule has 18 heavy (non-hydrogen) atoms. The molecule has 2 aliphatic carbocycles. The van der Waals surface area contributed by atoms with Gasteiger partial charge < -0.3 is 9.84 Å². The number of aromatic nitrogens is 2. The first-order valence-corrected chi connectivity index (χ1v) is 7.38. The van der Waals surface area contributed by atoms with E-state index in [1.807, 2.05) is 11.3 Å². The van der Waals surface area contributed by atoms with Crippen molar-refractivity contribution in [3.05, 3.63) is 22.3 Å². The second-order valence-electron chi connectivity index (χ2n) is 5.08. The molecule has 94 valence electrons. The maximum atomic E-state index is 5.35. The van der Waals surface area contributed by atoms with Crippen LogP contribution in [0.2, 0.25) is 0 Å². The molecule has 1 fully saturated rings. The topological polar surface area (TPSA) is 51.0 Å². The Labute approximate surface area is 109 Å². The number of nitrogens with zero attached hydrogens (tertiary/aromatic N) is 2. The molecular formula is C13H15N3OS. The summed E-state index contributed by atoms with van der Waals surface area (Å²) in [6.45, 7) is 0.721. The van der Waals surface area contributed by atoms with Crippen molar-refractivity contribution in [1.29, 1.82) is 0 Å². The van der Waals surface area contributed by atoms with Crippen LogP contribution in [0.1, 0.15) is 35.5 Å². The Morgan fingerprint density at radius 3 is 3.17 bits per heavy atom. The SMILES string of the molecule is c1c(-c2nc(CNC3CC3)no2)sc2c1CCC2. The van der Waals surface area contributed by atoms with Crippen LogP contribution in [-0.4, -0.2) is 16.2 Å². The summed E-state index contributed by atoms with van der Waals surface area (Å²) in [5.41, 5.74) is 1.48. The lowest BCUT2D eigenvalue weighted by molar-refractivity contribution is 0.420. The molecule has 0 aliphatic heterocycles. The molecule has 0 amide bonds. The van der Waals surface area contributed by atoms with Gasteiger partial charge >= 0.3 is 0 Å². The number of hydrogen-bond donors (Lipinski definition) is 1. The number of fused-ring (bicyclic) bond motifs is 1. The second-order valence-corrected chi connectivity index (χ2v) is 6.22. The highest BCUT2D eigenvalue weighted by Crippen LogP contribution is 2.35. The van der Waals surface area contributed by atoms with Gasteiger partial charge in [-0.2, -0.15) is 4.98 Å². The summed E-state index contributed by atoms with van der Waals surface area (Å²) in [5, 5.41) is 7.43. The summed E-state index contributed by atoms with van der Waals surface area (Å²) in [5.74, 6) is 1.45. The van der Waals surface area contributed by atoms with E-state index in [0.29, 0.717) is 11.9 Å². The van der Waals surface area contributed by atoms with Gasteiger partial charge in [-0.15, -0.1) is 11.3 Å². The van der Waals surface area contributed by atoms with Crippen LogP contribution in [0.4, 0.5) is 0 Å². The number of thiophene rings is 1. The third-order valence-electron chi connectivity index (χ3n) is 3.55. The van der Waals surface area contributed by atoms with Gasteiger partial charge in [0.1, 0.15) is 0 Å². The molecule has 0 aromatic carbocycles. The third-order valence-corrected chi connectivity index (χ3v) is 4.78. The highest BCUT2D eigenvalue weighted by molar-refractivity contribution is 7.15. The first kappa shape index (κ1) is 10.7. The molecule has 5 heteroatoms. The van der Waals surface area contributed by atoms with Gasteiger partial charge in [-0.1, -0.05) is 5.16 Å². The van der Waals surface area contributed by atoms with Crippen LogP contribution in [0, 0.1) is 0 Å². The van der Waals surface area contributed by atoms with Gasteiger partial charge in [0.15, 0.2) is 5.82 Å². The Balaban J connectivity index is 1.52. The zero-order valence-corrected chi connectivity index (χ0v) is 10.9. The van der Waals surface area contributed by atoms with Crippen LogP contribution < -0.4 is 5.32 Å². The quantitative estimate of drug-likeness (QED) is 0.919. The monoisotopic (exact) mass is 261 g/mol. The zero-order valence-electron chi connectivity index (χ0n) is 10.1. The van der Waals surface area contributed by atoms with Crippen LogP contribution in [0.5, 0.6) is 0 Å². The van der Waals surface area contributed by atoms with Gasteiger partial charge in [-0.25, -0.2) is 0 Å². The lowest BCUT2D eigenvalue weighted by Gasteiger charge is -1.94. The Hall–Kier alpha value is -1.20. The predicted octanol–water partition coefficient (Wildman–Crippen LogP) is 2.54. The normalized spacial score (nSPS) is 18.2. The van der Waals surface area contributed by atoms with Gasteiger partial charge in [0.05, 0.1) is 11.4 Å². The van der Waals surface area contributed by atoms with Crippen molar-refractivity contribution in [2.75, 3.05) is 0 Å². The van der Waals surface area contributed by atoms with Gasteiger partial charge in [0.2, 0.25) is 0 Å². The lowest BCUT2D eigenvalue weighted by Crippen LogP contribution is -2.16. The maximum absolute atomic E-state index is 5.35. The fourth-order valence-electron chi connectivity index (χ4n) is 2.38. The van der Waals surface area contributed by atoms with Gasteiger partial charge in [0, 0.05) is 10.9 Å². The van der Waals surface area contributed by atoms with Crippen molar-refractivity contribution in [2.45, 2.75) is 44.7 Å². The third kappa shape index (κ3) is 1.97. The van der Waals surface area contributed by atoms with Crippen LogP contribution >= 0.6 is 11.3 Å². The van der Waals surface area contributed by atoms with Crippen molar-refractivity contribution in [3.8, 4) is 10.8 Å². The number of nitrogens with one attached hydrogen (secondary N) is 1. The fourth-order valence-corrected chi connectivity index (χ4v) is 3.56. The molecule has 2 aromatic heterocycles. The largest absolute Gasteiger partial charge is 0.333 e. The molecule has 4 rings (SSSR count). The van der Waals surface area contributed by atoms with Crippen LogP contribution in [0.15, 0.2) is 10.6 Å². The molecule has 2 aromatic rings. The van der Waals surface area contributed by atoms with E-state index in [0.717, 1.165) is 17.2 Å². The molecule has 0 unspecified atom stereocenters. The van der Waals surface area contributed by atoms with Crippen LogP contribution in [-0.2, 0) is 19.4 Å². The predicted molar refractivity (Wildman–Crippen MR) is 69.5 cm³/mol. The average Bonchev–Trinajstić information content (AvgIpc) is 2.79. The van der Waals surface area contributed by atoms with E-state index < -0.39 is 0 Å². The minimum absolute atomic E-state index is 0.678.